The molecular weight excluding hydrogens is 530 g/mol. The van der Waals surface area contributed by atoms with Crippen molar-refractivity contribution in [2.75, 3.05) is 12.8 Å². The lowest BCUT2D eigenvalue weighted by Gasteiger charge is -2.13. The van der Waals surface area contributed by atoms with Crippen LogP contribution >= 0.6 is 24.0 Å². The summed E-state index contributed by atoms with van der Waals surface area (Å²) < 4.78 is 37.1. The molecule has 1 aromatic heterocycles. The third-order valence-electron chi connectivity index (χ3n) is 4.50. The van der Waals surface area contributed by atoms with Crippen LogP contribution in [-0.4, -0.2) is 32.2 Å². The van der Waals surface area contributed by atoms with Crippen molar-refractivity contribution in [3.8, 4) is 0 Å². The molecule has 31 heavy (non-hydrogen) atoms. The van der Waals surface area contributed by atoms with E-state index in [9.17, 15) is 12.8 Å². The Balaban J connectivity index is 0.00000341. The number of guanidine groups is 1. The molecule has 0 unspecified atom stereocenters. The van der Waals surface area contributed by atoms with E-state index in [1.807, 2.05) is 37.3 Å². The zero-order valence-electron chi connectivity index (χ0n) is 17.4. The SMILES string of the molecule is CCNC(=NCc1cc(F)ccc1CS(C)(=O)=O)NCc1cccc2cccnc12.I. The number of hydrogen-bond donors (Lipinski definition) is 2. The zero-order valence-corrected chi connectivity index (χ0v) is 20.6. The highest BCUT2D eigenvalue weighted by molar-refractivity contribution is 14.0. The van der Waals surface area contributed by atoms with Crippen molar-refractivity contribution in [3.63, 3.8) is 0 Å². The summed E-state index contributed by atoms with van der Waals surface area (Å²) >= 11 is 0. The van der Waals surface area contributed by atoms with Crippen molar-refractivity contribution in [2.24, 2.45) is 4.99 Å². The first-order valence-electron chi connectivity index (χ1n) is 9.65. The number of sulfone groups is 1. The molecule has 0 saturated heterocycles. The van der Waals surface area contributed by atoms with Crippen molar-refractivity contribution >= 4 is 50.7 Å². The van der Waals surface area contributed by atoms with E-state index in [1.54, 1.807) is 6.20 Å². The average Bonchev–Trinajstić information content (AvgIpc) is 2.71. The number of fused-ring (bicyclic) bond motifs is 1. The van der Waals surface area contributed by atoms with E-state index in [-0.39, 0.29) is 36.3 Å². The van der Waals surface area contributed by atoms with Gasteiger partial charge < -0.3 is 10.6 Å². The van der Waals surface area contributed by atoms with E-state index >= 15 is 0 Å². The van der Waals surface area contributed by atoms with Crippen molar-refractivity contribution < 1.29 is 12.8 Å². The number of aliphatic imine (C=N–C) groups is 1. The molecule has 3 aromatic rings. The van der Waals surface area contributed by atoms with Gasteiger partial charge in [0.25, 0.3) is 0 Å². The predicted octanol–water partition coefficient (Wildman–Crippen LogP) is 3.79. The van der Waals surface area contributed by atoms with Crippen LogP contribution in [-0.2, 0) is 28.7 Å². The number of hydrogen-bond acceptors (Lipinski definition) is 4. The Morgan fingerprint density at radius 3 is 2.58 bits per heavy atom. The third kappa shape index (κ3) is 7.42. The molecule has 166 valence electrons. The van der Waals surface area contributed by atoms with Crippen molar-refractivity contribution in [2.45, 2.75) is 25.8 Å². The largest absolute Gasteiger partial charge is 0.357 e. The molecule has 1 heterocycles. The number of para-hydroxylation sites is 1. The van der Waals surface area contributed by atoms with Crippen LogP contribution in [0.5, 0.6) is 0 Å². The highest BCUT2D eigenvalue weighted by Gasteiger charge is 2.11. The molecular formula is C22H26FIN4O2S. The van der Waals surface area contributed by atoms with Gasteiger partial charge in [-0.3, -0.25) is 4.98 Å². The molecule has 2 N–H and O–H groups in total. The Labute approximate surface area is 199 Å². The summed E-state index contributed by atoms with van der Waals surface area (Å²) in [5.41, 5.74) is 3.05. The standard InChI is InChI=1S/C22H25FN4O2S.HI/c1-3-24-22(26-13-17-7-4-6-16-8-5-11-25-21(16)17)27-14-19-12-20(23)10-9-18(19)15-30(2,28)29;/h4-12H,3,13-15H2,1-2H3,(H2,24,26,27);1H. The van der Waals surface area contributed by atoms with Crippen LogP contribution in [0.2, 0.25) is 0 Å². The Morgan fingerprint density at radius 2 is 1.84 bits per heavy atom. The lowest BCUT2D eigenvalue weighted by atomic mass is 10.1. The number of rotatable bonds is 7. The molecule has 0 atom stereocenters. The molecule has 0 radical (unpaired) electrons. The van der Waals surface area contributed by atoms with Gasteiger partial charge in [-0.25, -0.2) is 17.8 Å². The lowest BCUT2D eigenvalue weighted by molar-refractivity contribution is 0.600. The van der Waals surface area contributed by atoms with Crippen molar-refractivity contribution in [3.05, 3.63) is 77.2 Å². The Kier molecular flexibility index (Phi) is 9.17. The molecule has 0 aliphatic heterocycles. The van der Waals surface area contributed by atoms with E-state index in [4.69, 9.17) is 0 Å². The number of halogens is 2. The molecule has 0 amide bonds. The van der Waals surface area contributed by atoms with E-state index in [0.717, 1.165) is 22.7 Å². The summed E-state index contributed by atoms with van der Waals surface area (Å²) in [6.45, 7) is 3.28. The topological polar surface area (TPSA) is 83.5 Å². The summed E-state index contributed by atoms with van der Waals surface area (Å²) in [5, 5.41) is 7.49. The maximum atomic E-state index is 13.7. The van der Waals surface area contributed by atoms with Gasteiger partial charge in [0.05, 0.1) is 17.8 Å². The van der Waals surface area contributed by atoms with Gasteiger partial charge in [-0.2, -0.15) is 0 Å². The van der Waals surface area contributed by atoms with E-state index < -0.39 is 15.7 Å². The van der Waals surface area contributed by atoms with E-state index in [1.165, 1.54) is 18.2 Å². The molecule has 2 aromatic carbocycles. The fourth-order valence-corrected chi connectivity index (χ4v) is 4.01. The van der Waals surface area contributed by atoms with Crippen LogP contribution in [0.4, 0.5) is 4.39 Å². The van der Waals surface area contributed by atoms with Gasteiger partial charge >= 0.3 is 0 Å². The summed E-state index contributed by atoms with van der Waals surface area (Å²) in [5.74, 6) is -0.0127. The fourth-order valence-electron chi connectivity index (χ4n) is 3.16. The van der Waals surface area contributed by atoms with Crippen LogP contribution in [0.25, 0.3) is 10.9 Å². The summed E-state index contributed by atoms with van der Waals surface area (Å²) in [7, 11) is -3.24. The predicted molar refractivity (Wildman–Crippen MR) is 134 cm³/mol. The highest BCUT2D eigenvalue weighted by atomic mass is 127. The van der Waals surface area contributed by atoms with Gasteiger partial charge in [0.2, 0.25) is 0 Å². The first-order valence-corrected chi connectivity index (χ1v) is 11.7. The second-order valence-electron chi connectivity index (χ2n) is 7.02. The highest BCUT2D eigenvalue weighted by Crippen LogP contribution is 2.17. The molecule has 6 nitrogen and oxygen atoms in total. The van der Waals surface area contributed by atoms with Crippen molar-refractivity contribution in [1.82, 2.24) is 15.6 Å². The quantitative estimate of drug-likeness (QED) is 0.263. The monoisotopic (exact) mass is 556 g/mol. The summed E-state index contributed by atoms with van der Waals surface area (Å²) in [6.07, 6.45) is 2.92. The smallest absolute Gasteiger partial charge is 0.191 e. The normalized spacial score (nSPS) is 11.8. The van der Waals surface area contributed by atoms with Crippen molar-refractivity contribution in [1.29, 1.82) is 0 Å². The van der Waals surface area contributed by atoms with Crippen LogP contribution in [0.15, 0.2) is 59.7 Å². The molecule has 3 rings (SSSR count). The lowest BCUT2D eigenvalue weighted by Crippen LogP contribution is -2.36. The molecule has 0 aliphatic rings. The van der Waals surface area contributed by atoms with Crippen LogP contribution in [0, 0.1) is 5.82 Å². The van der Waals surface area contributed by atoms with Crippen LogP contribution in [0.3, 0.4) is 0 Å². The molecule has 9 heteroatoms. The van der Waals surface area contributed by atoms with Crippen LogP contribution in [0.1, 0.15) is 23.6 Å². The van der Waals surface area contributed by atoms with Gasteiger partial charge in [0.15, 0.2) is 15.8 Å². The maximum Gasteiger partial charge on any atom is 0.191 e. The number of nitrogens with one attached hydrogen (secondary N) is 2. The second kappa shape index (κ2) is 11.4. The Morgan fingerprint density at radius 1 is 1.06 bits per heavy atom. The number of nitrogens with zero attached hydrogens (tertiary/aromatic N) is 2. The number of pyridine rings is 1. The number of benzene rings is 2. The van der Waals surface area contributed by atoms with E-state index in [0.29, 0.717) is 30.2 Å². The van der Waals surface area contributed by atoms with Crippen LogP contribution < -0.4 is 10.6 Å². The van der Waals surface area contributed by atoms with Gasteiger partial charge in [0.1, 0.15) is 5.82 Å². The van der Waals surface area contributed by atoms with E-state index in [2.05, 4.69) is 20.6 Å². The molecule has 0 bridgehead atoms. The second-order valence-corrected chi connectivity index (χ2v) is 9.16. The maximum absolute atomic E-state index is 13.7. The third-order valence-corrected chi connectivity index (χ3v) is 5.34. The molecule has 0 saturated carbocycles. The first-order chi connectivity index (χ1) is 14.4. The number of aromatic nitrogens is 1. The minimum absolute atomic E-state index is 0. The minimum Gasteiger partial charge on any atom is -0.357 e. The van der Waals surface area contributed by atoms with Gasteiger partial charge in [-0.05, 0) is 41.8 Å². The van der Waals surface area contributed by atoms with Gasteiger partial charge in [-0.15, -0.1) is 24.0 Å². The average molecular weight is 556 g/mol. The van der Waals surface area contributed by atoms with Gasteiger partial charge in [0, 0.05) is 30.9 Å². The van der Waals surface area contributed by atoms with Gasteiger partial charge in [-0.1, -0.05) is 30.3 Å². The fraction of sp³-hybridized carbons (Fsp3) is 0.273. The minimum atomic E-state index is -3.24. The molecule has 0 spiro atoms. The summed E-state index contributed by atoms with van der Waals surface area (Å²) in [6, 6.07) is 14.0. The Hall–Kier alpha value is -2.27. The molecule has 0 fully saturated rings. The Bertz CT molecular complexity index is 1160. The first kappa shape index (κ1) is 25.0. The zero-order chi connectivity index (χ0) is 21.6. The summed E-state index contributed by atoms with van der Waals surface area (Å²) in [4.78, 5) is 8.98. The molecule has 0 aliphatic carbocycles.